The van der Waals surface area contributed by atoms with Crippen molar-refractivity contribution in [2.24, 2.45) is 15.7 Å². The van der Waals surface area contributed by atoms with Gasteiger partial charge in [-0.1, -0.05) is 12.1 Å². The number of nitrogens with zero attached hydrogens (tertiary/aromatic N) is 6. The fourth-order valence-corrected chi connectivity index (χ4v) is 3.62. The second kappa shape index (κ2) is 10.3. The van der Waals surface area contributed by atoms with Crippen LogP contribution in [0.25, 0.3) is 11.4 Å². The lowest BCUT2D eigenvalue weighted by Gasteiger charge is -2.36. The molecular weight excluding hydrogens is 436 g/mol. The van der Waals surface area contributed by atoms with E-state index in [9.17, 15) is 9.59 Å². The van der Waals surface area contributed by atoms with Crippen LogP contribution in [0.4, 0.5) is 0 Å². The predicted octanol–water partition coefficient (Wildman–Crippen LogP) is 1.38. The van der Waals surface area contributed by atoms with Crippen LogP contribution in [0.5, 0.6) is 5.75 Å². The molecule has 11 heteroatoms. The normalized spacial score (nSPS) is 17.3. The zero-order valence-electron chi connectivity index (χ0n) is 19.2. The number of amides is 2. The molecule has 11 nitrogen and oxygen atoms in total. The zero-order valence-corrected chi connectivity index (χ0v) is 19.2. The Kier molecular flexibility index (Phi) is 7.02. The lowest BCUT2D eigenvalue weighted by molar-refractivity contribution is -0.138. The van der Waals surface area contributed by atoms with Crippen LogP contribution in [0.3, 0.4) is 0 Å². The van der Waals surface area contributed by atoms with Crippen molar-refractivity contribution in [3.63, 3.8) is 0 Å². The predicted molar refractivity (Wildman–Crippen MR) is 128 cm³/mol. The molecule has 2 aliphatic rings. The van der Waals surface area contributed by atoms with Crippen LogP contribution in [0, 0.1) is 0 Å². The maximum Gasteiger partial charge on any atom is 0.252 e. The van der Waals surface area contributed by atoms with Crippen molar-refractivity contribution in [2.75, 3.05) is 27.2 Å². The van der Waals surface area contributed by atoms with Crippen LogP contribution >= 0.6 is 0 Å². The summed E-state index contributed by atoms with van der Waals surface area (Å²) in [6.07, 6.45) is 8.50. The minimum Gasteiger partial charge on any atom is -0.372 e. The molecule has 178 valence electrons. The number of amidine groups is 1. The second-order valence-corrected chi connectivity index (χ2v) is 8.13. The molecule has 2 amide bonds. The topological polar surface area (TPSA) is 133 Å². The van der Waals surface area contributed by atoms with Crippen molar-refractivity contribution in [1.82, 2.24) is 24.8 Å². The summed E-state index contributed by atoms with van der Waals surface area (Å²) in [5, 5.41) is 1.42. The number of rotatable bonds is 9. The van der Waals surface area contributed by atoms with Gasteiger partial charge >= 0.3 is 0 Å². The Morgan fingerprint density at radius 1 is 1.29 bits per heavy atom. The highest BCUT2D eigenvalue weighted by Crippen LogP contribution is 2.27. The monoisotopic (exact) mass is 464 g/mol. The summed E-state index contributed by atoms with van der Waals surface area (Å²) in [7, 11) is 3.30. The molecule has 1 aromatic carbocycles. The minimum absolute atomic E-state index is 0.110. The third kappa shape index (κ3) is 4.99. The summed E-state index contributed by atoms with van der Waals surface area (Å²) in [5.74, 6) is 1.23. The third-order valence-electron chi connectivity index (χ3n) is 5.46. The summed E-state index contributed by atoms with van der Waals surface area (Å²) in [5.41, 5.74) is 6.89. The number of unbranched alkanes of at least 4 members (excludes halogenated alkanes) is 1. The van der Waals surface area contributed by atoms with E-state index in [1.165, 1.54) is 27.4 Å². The first-order valence-corrected chi connectivity index (χ1v) is 11.1. The molecule has 2 aromatic rings. The van der Waals surface area contributed by atoms with Crippen LogP contribution in [-0.4, -0.2) is 82.0 Å². The number of fused-ring (bicyclic) bond motifs is 1. The van der Waals surface area contributed by atoms with Crippen molar-refractivity contribution >= 4 is 24.0 Å². The van der Waals surface area contributed by atoms with Gasteiger partial charge in [-0.2, -0.15) is 0 Å². The summed E-state index contributed by atoms with van der Waals surface area (Å²) in [4.78, 5) is 50.9. The van der Waals surface area contributed by atoms with Gasteiger partial charge in [-0.3, -0.25) is 19.5 Å². The van der Waals surface area contributed by atoms with Gasteiger partial charge in [-0.05, 0) is 37.9 Å². The summed E-state index contributed by atoms with van der Waals surface area (Å²) < 4.78 is 0. The lowest BCUT2D eigenvalue weighted by Crippen LogP contribution is -2.53. The van der Waals surface area contributed by atoms with E-state index in [1.54, 1.807) is 32.6 Å². The van der Waals surface area contributed by atoms with Crippen molar-refractivity contribution in [3.05, 3.63) is 48.6 Å². The highest BCUT2D eigenvalue weighted by Gasteiger charge is 2.38. The highest BCUT2D eigenvalue weighted by atomic mass is 16.7. The Balaban J connectivity index is 1.62. The van der Waals surface area contributed by atoms with Crippen molar-refractivity contribution in [1.29, 1.82) is 0 Å². The number of benzene rings is 1. The number of aliphatic imine (C=N–C) groups is 2. The number of hydroxylamine groups is 2. The standard InChI is InChI=1S/C23H28N8O3/c1-29(2)20(32)14-30-19-13-25-15-31(22(19)28-18(23(30)33)8-3-4-9-24)34-17-7-5-6-16(12-17)21-26-10-11-27-21/h5-7,10-13,15,18H,3-4,8-9,14,24H2,1-2H3,(H,26,27). The number of H-pyrrole nitrogens is 1. The fourth-order valence-electron chi connectivity index (χ4n) is 3.62. The first-order valence-electron chi connectivity index (χ1n) is 11.1. The number of hydrogen-bond donors (Lipinski definition) is 2. The molecule has 2 aliphatic heterocycles. The second-order valence-electron chi connectivity index (χ2n) is 8.13. The maximum atomic E-state index is 13.2. The molecule has 34 heavy (non-hydrogen) atoms. The van der Waals surface area contributed by atoms with E-state index in [1.807, 2.05) is 18.2 Å². The average Bonchev–Trinajstić information content (AvgIpc) is 3.37. The van der Waals surface area contributed by atoms with Gasteiger partial charge in [0.05, 0.1) is 6.20 Å². The summed E-state index contributed by atoms with van der Waals surface area (Å²) >= 11 is 0. The van der Waals surface area contributed by atoms with E-state index in [0.717, 1.165) is 18.4 Å². The van der Waals surface area contributed by atoms with Crippen LogP contribution in [-0.2, 0) is 9.59 Å². The maximum absolute atomic E-state index is 13.2. The minimum atomic E-state index is -0.638. The Hall–Kier alpha value is -3.99. The van der Waals surface area contributed by atoms with Gasteiger partial charge in [0, 0.05) is 32.1 Å². The number of carbonyl (C=O) groups is 2. The number of imidazole rings is 1. The molecule has 3 N–H and O–H groups in total. The molecule has 0 radical (unpaired) electrons. The number of aromatic nitrogens is 2. The largest absolute Gasteiger partial charge is 0.372 e. The molecule has 0 saturated carbocycles. The van der Waals surface area contributed by atoms with Crippen LogP contribution in [0.15, 0.2) is 58.5 Å². The molecule has 3 heterocycles. The molecule has 1 unspecified atom stereocenters. The molecule has 0 saturated heterocycles. The van der Waals surface area contributed by atoms with Crippen LogP contribution < -0.4 is 10.6 Å². The Morgan fingerprint density at radius 2 is 2.15 bits per heavy atom. The van der Waals surface area contributed by atoms with E-state index < -0.39 is 6.04 Å². The van der Waals surface area contributed by atoms with Gasteiger partial charge in [0.15, 0.2) is 11.6 Å². The Bertz CT molecular complexity index is 1120. The molecule has 0 spiro atoms. The number of aromatic amines is 1. The van der Waals surface area contributed by atoms with Gasteiger partial charge in [0.25, 0.3) is 5.91 Å². The molecule has 0 aliphatic carbocycles. The first kappa shape index (κ1) is 23.2. The number of nitrogens with two attached hydrogens (primary N) is 1. The van der Waals surface area contributed by atoms with E-state index in [4.69, 9.17) is 15.6 Å². The third-order valence-corrected chi connectivity index (χ3v) is 5.46. The molecule has 0 bridgehead atoms. The Labute approximate surface area is 197 Å². The van der Waals surface area contributed by atoms with Crippen molar-refractivity contribution in [3.8, 4) is 17.1 Å². The highest BCUT2D eigenvalue weighted by molar-refractivity contribution is 6.11. The number of hydrogen-bond acceptors (Lipinski definition) is 8. The molecule has 0 fully saturated rings. The Morgan fingerprint density at radius 3 is 2.88 bits per heavy atom. The van der Waals surface area contributed by atoms with Crippen molar-refractivity contribution in [2.45, 2.75) is 25.3 Å². The fraction of sp³-hybridized carbons (Fsp3) is 0.348. The smallest absolute Gasteiger partial charge is 0.252 e. The SMILES string of the molecule is CN(C)C(=O)CN1C(=O)C(CCCCN)N=C2C1=CN=CN2Oc1cccc(-c2ncc[nH]2)c1. The van der Waals surface area contributed by atoms with Crippen molar-refractivity contribution < 1.29 is 14.4 Å². The van der Waals surface area contributed by atoms with Crippen LogP contribution in [0.2, 0.25) is 0 Å². The molecule has 4 rings (SSSR count). The van der Waals surface area contributed by atoms with E-state index in [2.05, 4.69) is 15.0 Å². The molecule has 1 aromatic heterocycles. The van der Waals surface area contributed by atoms with Gasteiger partial charge in [0.2, 0.25) is 5.91 Å². The van der Waals surface area contributed by atoms with Crippen LogP contribution in [0.1, 0.15) is 19.3 Å². The van der Waals surface area contributed by atoms with Gasteiger partial charge in [-0.15, -0.1) is 5.06 Å². The number of carbonyl (C=O) groups excluding carboxylic acids is 2. The molecular formula is C23H28N8O3. The van der Waals surface area contributed by atoms with E-state index in [0.29, 0.717) is 36.1 Å². The summed E-state index contributed by atoms with van der Waals surface area (Å²) in [6.45, 7) is 0.431. The van der Waals surface area contributed by atoms with E-state index in [-0.39, 0.29) is 18.4 Å². The summed E-state index contributed by atoms with van der Waals surface area (Å²) in [6, 6.07) is 6.78. The van der Waals surface area contributed by atoms with Gasteiger partial charge < -0.3 is 20.5 Å². The molecule has 1 atom stereocenters. The van der Waals surface area contributed by atoms with Gasteiger partial charge in [-0.25, -0.2) is 9.98 Å². The van der Waals surface area contributed by atoms with E-state index >= 15 is 0 Å². The first-order chi connectivity index (χ1) is 16.5. The average molecular weight is 465 g/mol. The quantitative estimate of drug-likeness (QED) is 0.539. The lowest BCUT2D eigenvalue weighted by atomic mass is 10.1. The van der Waals surface area contributed by atoms with Gasteiger partial charge in [0.1, 0.15) is 30.4 Å². The zero-order chi connectivity index (χ0) is 24.1. The number of nitrogens with one attached hydrogen (secondary N) is 1. The number of likely N-dealkylation sites (N-methyl/N-ethyl adjacent to an activating group) is 1.